The van der Waals surface area contributed by atoms with Gasteiger partial charge < -0.3 is 1.43 Å². The Balaban J connectivity index is -0.000000125. The summed E-state index contributed by atoms with van der Waals surface area (Å²) in [6, 6.07) is 0. The van der Waals surface area contributed by atoms with Crippen LogP contribution in [0.2, 0.25) is 0 Å². The average molecular weight is 113 g/mol. The van der Waals surface area contributed by atoms with E-state index in [9.17, 15) is 4.79 Å². The summed E-state index contributed by atoms with van der Waals surface area (Å²) in [5.74, 6) is -0.690. The van der Waals surface area contributed by atoms with Crippen molar-refractivity contribution in [1.82, 2.24) is 0 Å². The fraction of sp³-hybridized carbons (Fsp3) is 0.500. The van der Waals surface area contributed by atoms with E-state index in [0.717, 1.165) is 6.92 Å². The van der Waals surface area contributed by atoms with E-state index in [1.807, 2.05) is 5.34 Å². The molecule has 0 rings (SSSR count). The third-order valence-corrected chi connectivity index (χ3v) is 0.166. The molecule has 0 N–H and O–H groups in total. The molecule has 0 aromatic rings. The van der Waals surface area contributed by atoms with E-state index in [1.165, 1.54) is 0 Å². The quantitative estimate of drug-likeness (QED) is 0.212. The molecular formula is C2H4NNaO3. The second-order valence-corrected chi connectivity index (χ2v) is 0.657. The second kappa shape index (κ2) is 6.07. The average Bonchev–Trinajstić information content (AvgIpc) is 1.35. The minimum Gasteiger partial charge on any atom is -1.00 e. The molecule has 0 fully saturated rings. The molecule has 0 amide bonds. The second-order valence-electron chi connectivity index (χ2n) is 0.657. The van der Waals surface area contributed by atoms with Crippen LogP contribution in [0.3, 0.4) is 0 Å². The van der Waals surface area contributed by atoms with Gasteiger partial charge in [-0.3, -0.25) is 4.84 Å². The Labute approximate surface area is 63.9 Å². The van der Waals surface area contributed by atoms with E-state index in [2.05, 4.69) is 4.84 Å². The number of nitrogens with zero attached hydrogens (tertiary/aromatic N) is 1. The summed E-state index contributed by atoms with van der Waals surface area (Å²) in [6.45, 7) is 1.10. The molecule has 0 unspecified atom stereocenters. The number of carbonyl (C=O) groups excluding carboxylic acids is 1. The van der Waals surface area contributed by atoms with Crippen LogP contribution in [0, 0.1) is 4.91 Å². The van der Waals surface area contributed by atoms with Crippen LogP contribution >= 0.6 is 0 Å². The largest absolute Gasteiger partial charge is 1.00 e. The van der Waals surface area contributed by atoms with Crippen molar-refractivity contribution in [2.24, 2.45) is 5.34 Å². The van der Waals surface area contributed by atoms with Crippen LogP contribution in [-0.2, 0) is 9.63 Å². The normalized spacial score (nSPS) is 5.86. The molecule has 0 saturated heterocycles. The van der Waals surface area contributed by atoms with Crippen LogP contribution < -0.4 is 29.6 Å². The van der Waals surface area contributed by atoms with Gasteiger partial charge in [0.1, 0.15) is 0 Å². The van der Waals surface area contributed by atoms with Crippen LogP contribution in [0.25, 0.3) is 0 Å². The number of hydrogen-bond acceptors (Lipinski definition) is 4. The summed E-state index contributed by atoms with van der Waals surface area (Å²) < 4.78 is 0. The van der Waals surface area contributed by atoms with Crippen LogP contribution in [0.4, 0.5) is 0 Å². The molecule has 0 saturated carbocycles. The number of rotatable bonds is 1. The van der Waals surface area contributed by atoms with E-state index in [-0.39, 0.29) is 31.0 Å². The van der Waals surface area contributed by atoms with Gasteiger partial charge in [0.15, 0.2) is 5.34 Å². The van der Waals surface area contributed by atoms with Gasteiger partial charge >= 0.3 is 35.5 Å². The third-order valence-electron chi connectivity index (χ3n) is 0.166. The summed E-state index contributed by atoms with van der Waals surface area (Å²) in [4.78, 5) is 21.9. The minimum absolute atomic E-state index is 0. The molecular weight excluding hydrogens is 109 g/mol. The monoisotopic (exact) mass is 113 g/mol. The van der Waals surface area contributed by atoms with Crippen molar-refractivity contribution in [2.75, 3.05) is 0 Å². The zero-order valence-electron chi connectivity index (χ0n) is 5.17. The summed E-state index contributed by atoms with van der Waals surface area (Å²) in [6.07, 6.45) is 0. The van der Waals surface area contributed by atoms with E-state index in [0.29, 0.717) is 0 Å². The van der Waals surface area contributed by atoms with Gasteiger partial charge in [0.2, 0.25) is 0 Å². The maximum atomic E-state index is 9.53. The van der Waals surface area contributed by atoms with Gasteiger partial charge in [0.25, 0.3) is 0 Å². The molecule has 0 radical (unpaired) electrons. The first-order valence-electron chi connectivity index (χ1n) is 1.27. The van der Waals surface area contributed by atoms with Crippen molar-refractivity contribution in [1.29, 1.82) is 0 Å². The van der Waals surface area contributed by atoms with Crippen molar-refractivity contribution in [3.05, 3.63) is 4.91 Å². The molecule has 7 heavy (non-hydrogen) atoms. The van der Waals surface area contributed by atoms with Crippen LogP contribution in [0.5, 0.6) is 0 Å². The predicted octanol–water partition coefficient (Wildman–Crippen LogP) is -2.65. The Hall–Kier alpha value is 0.0700. The first-order chi connectivity index (χ1) is 2.77. The molecule has 0 aliphatic carbocycles. The van der Waals surface area contributed by atoms with Gasteiger partial charge in [-0.15, -0.1) is 4.91 Å². The molecule has 36 valence electrons. The Morgan fingerprint density at radius 2 is 2.29 bits per heavy atom. The van der Waals surface area contributed by atoms with Gasteiger partial charge in [-0.05, 0) is 0 Å². The zero-order valence-corrected chi connectivity index (χ0v) is 6.17. The smallest absolute Gasteiger partial charge is 1.00 e. The van der Waals surface area contributed by atoms with E-state index in [1.54, 1.807) is 0 Å². The van der Waals surface area contributed by atoms with E-state index >= 15 is 0 Å². The van der Waals surface area contributed by atoms with Crippen molar-refractivity contribution < 1.29 is 40.6 Å². The van der Waals surface area contributed by atoms with E-state index < -0.39 is 5.97 Å². The Morgan fingerprint density at radius 3 is 2.29 bits per heavy atom. The standard InChI is InChI=1S/C2H3NO3.Na.H/c1-2(4)6-3-5;;/h1H3;;/q;+1;-1. The summed E-state index contributed by atoms with van der Waals surface area (Å²) in [5.41, 5.74) is 0. The third kappa shape index (κ3) is 10.7. The van der Waals surface area contributed by atoms with Gasteiger partial charge in [-0.1, -0.05) is 0 Å². The van der Waals surface area contributed by atoms with Crippen molar-refractivity contribution >= 4 is 5.97 Å². The number of hydrogen-bond donors (Lipinski definition) is 0. The van der Waals surface area contributed by atoms with Crippen molar-refractivity contribution in [3.8, 4) is 0 Å². The Kier molecular flexibility index (Phi) is 8.79. The van der Waals surface area contributed by atoms with Crippen molar-refractivity contribution in [3.63, 3.8) is 0 Å². The topological polar surface area (TPSA) is 55.7 Å². The van der Waals surface area contributed by atoms with Crippen LogP contribution in [0.1, 0.15) is 8.35 Å². The summed E-state index contributed by atoms with van der Waals surface area (Å²) >= 11 is 0. The SMILES string of the molecule is CC(=O)ON=O.[H-].[Na+]. The fourth-order valence-electron chi connectivity index (χ4n) is 0.0525. The molecule has 0 aliphatic heterocycles. The van der Waals surface area contributed by atoms with Gasteiger partial charge in [0, 0.05) is 6.92 Å². The molecule has 0 aromatic carbocycles. The fourth-order valence-corrected chi connectivity index (χ4v) is 0.0525. The maximum Gasteiger partial charge on any atom is 1.00 e. The Bertz CT molecular complexity index is 77.7. The van der Waals surface area contributed by atoms with Gasteiger partial charge in [-0.25, -0.2) is 4.79 Å². The molecule has 4 nitrogen and oxygen atoms in total. The van der Waals surface area contributed by atoms with Gasteiger partial charge in [0.05, 0.1) is 0 Å². The Morgan fingerprint density at radius 1 is 1.86 bits per heavy atom. The summed E-state index contributed by atoms with van der Waals surface area (Å²) in [7, 11) is 0. The first-order valence-corrected chi connectivity index (χ1v) is 1.27. The maximum absolute atomic E-state index is 9.53. The minimum atomic E-state index is -0.690. The molecule has 0 heterocycles. The van der Waals surface area contributed by atoms with Crippen LogP contribution in [0.15, 0.2) is 5.34 Å². The zero-order chi connectivity index (χ0) is 4.99. The van der Waals surface area contributed by atoms with Crippen LogP contribution in [-0.4, -0.2) is 5.97 Å². The predicted molar refractivity (Wildman–Crippen MR) is 18.7 cm³/mol. The van der Waals surface area contributed by atoms with Gasteiger partial charge in [-0.2, -0.15) is 0 Å². The van der Waals surface area contributed by atoms with E-state index in [4.69, 9.17) is 4.91 Å². The molecule has 0 aliphatic rings. The molecule has 0 bridgehead atoms. The molecule has 0 aromatic heterocycles. The first kappa shape index (κ1) is 10.1. The molecule has 0 spiro atoms. The summed E-state index contributed by atoms with van der Waals surface area (Å²) in [5, 5.41) is 1.84. The van der Waals surface area contributed by atoms with Crippen molar-refractivity contribution in [2.45, 2.75) is 6.92 Å². The molecule has 5 heteroatoms. The number of carbonyl (C=O) groups is 1. The molecule has 0 atom stereocenters.